The highest BCUT2D eigenvalue weighted by atomic mass is 16.6. The average molecular weight is 414 g/mol. The molecule has 3 rings (SSSR count). The third-order valence-corrected chi connectivity index (χ3v) is 4.45. The highest BCUT2D eigenvalue weighted by Crippen LogP contribution is 2.28. The number of hydrogen-bond acceptors (Lipinski definition) is 8. The maximum Gasteiger partial charge on any atom is 0.271 e. The van der Waals surface area contributed by atoms with Crippen LogP contribution in [0.15, 0.2) is 42.5 Å². The molecule has 2 aromatic rings. The summed E-state index contributed by atoms with van der Waals surface area (Å²) < 4.78 is 10.3. The number of nitrogens with zero attached hydrogens (tertiary/aromatic N) is 2. The number of carbonyl (C=O) groups excluding carboxylic acids is 3. The zero-order valence-electron chi connectivity index (χ0n) is 16.1. The molecule has 3 amide bonds. The van der Waals surface area contributed by atoms with E-state index in [4.69, 9.17) is 9.47 Å². The number of hydrogen-bond donors (Lipinski definition) is 2. The van der Waals surface area contributed by atoms with Gasteiger partial charge < -0.3 is 9.47 Å². The lowest BCUT2D eigenvalue weighted by atomic mass is 10.2. The number of carbonyl (C=O) groups is 3. The normalized spacial score (nSPS) is 15.8. The maximum atomic E-state index is 12.6. The Morgan fingerprint density at radius 1 is 1.13 bits per heavy atom. The Kier molecular flexibility index (Phi) is 5.93. The molecular formula is C19H18N4O7. The van der Waals surface area contributed by atoms with Crippen molar-refractivity contribution in [2.75, 3.05) is 19.1 Å². The minimum atomic E-state index is -1.01. The van der Waals surface area contributed by atoms with E-state index in [1.54, 1.807) is 6.07 Å². The van der Waals surface area contributed by atoms with Gasteiger partial charge in [0.05, 0.1) is 31.3 Å². The van der Waals surface area contributed by atoms with Gasteiger partial charge in [0.2, 0.25) is 5.91 Å². The molecule has 0 aliphatic carbocycles. The minimum Gasteiger partial charge on any atom is -0.493 e. The van der Waals surface area contributed by atoms with Crippen molar-refractivity contribution < 1.29 is 28.8 Å². The summed E-state index contributed by atoms with van der Waals surface area (Å²) in [6, 6.07) is 8.72. The molecule has 0 bridgehead atoms. The number of benzene rings is 2. The van der Waals surface area contributed by atoms with Crippen LogP contribution in [0.2, 0.25) is 0 Å². The molecule has 1 saturated heterocycles. The van der Waals surface area contributed by atoms with E-state index in [0.717, 1.165) is 11.0 Å². The van der Waals surface area contributed by atoms with Crippen LogP contribution in [0.1, 0.15) is 16.8 Å². The largest absolute Gasteiger partial charge is 0.493 e. The predicted molar refractivity (Wildman–Crippen MR) is 104 cm³/mol. The Balaban J connectivity index is 1.69. The number of hydrazine groups is 1. The van der Waals surface area contributed by atoms with Gasteiger partial charge in [-0.05, 0) is 24.3 Å². The van der Waals surface area contributed by atoms with E-state index in [2.05, 4.69) is 10.9 Å². The second-order valence-corrected chi connectivity index (χ2v) is 6.27. The molecule has 30 heavy (non-hydrogen) atoms. The zero-order valence-corrected chi connectivity index (χ0v) is 16.1. The third kappa shape index (κ3) is 4.05. The average Bonchev–Trinajstić information content (AvgIpc) is 3.04. The van der Waals surface area contributed by atoms with E-state index in [9.17, 15) is 24.5 Å². The molecule has 0 saturated carbocycles. The number of nitro benzene ring substituents is 1. The molecule has 2 aromatic carbocycles. The summed E-state index contributed by atoms with van der Waals surface area (Å²) >= 11 is 0. The molecule has 1 fully saturated rings. The topological polar surface area (TPSA) is 140 Å². The van der Waals surface area contributed by atoms with Crippen molar-refractivity contribution in [2.24, 2.45) is 0 Å². The SMILES string of the molecule is COc1ccc(C(=O)NN[C@H]2CC(=O)N(c3cccc([N+](=O)[O-])c3)C2=O)cc1OC. The van der Waals surface area contributed by atoms with Gasteiger partial charge in [0.25, 0.3) is 17.5 Å². The Hall–Kier alpha value is -3.99. The second-order valence-electron chi connectivity index (χ2n) is 6.27. The van der Waals surface area contributed by atoms with E-state index in [0.29, 0.717) is 11.5 Å². The number of ether oxygens (including phenoxy) is 2. The minimum absolute atomic E-state index is 0.0923. The number of amides is 3. The molecule has 1 heterocycles. The van der Waals surface area contributed by atoms with Gasteiger partial charge >= 0.3 is 0 Å². The Bertz CT molecular complexity index is 1020. The molecule has 11 nitrogen and oxygen atoms in total. The van der Waals surface area contributed by atoms with Gasteiger partial charge in [0.15, 0.2) is 11.5 Å². The highest BCUT2D eigenvalue weighted by Gasteiger charge is 2.40. The number of methoxy groups -OCH3 is 2. The smallest absolute Gasteiger partial charge is 0.271 e. The van der Waals surface area contributed by atoms with Gasteiger partial charge in [0, 0.05) is 17.7 Å². The predicted octanol–water partition coefficient (Wildman–Crippen LogP) is 1.18. The van der Waals surface area contributed by atoms with E-state index in [1.165, 1.54) is 44.6 Å². The molecule has 0 spiro atoms. The molecular weight excluding hydrogens is 396 g/mol. The van der Waals surface area contributed by atoms with Gasteiger partial charge in [-0.2, -0.15) is 0 Å². The molecule has 1 aliphatic heterocycles. The fourth-order valence-corrected chi connectivity index (χ4v) is 2.96. The van der Waals surface area contributed by atoms with Gasteiger partial charge in [-0.25, -0.2) is 10.3 Å². The summed E-state index contributed by atoms with van der Waals surface area (Å²) in [6.45, 7) is 0. The van der Waals surface area contributed by atoms with E-state index in [1.807, 2.05) is 0 Å². The highest BCUT2D eigenvalue weighted by molar-refractivity contribution is 6.22. The molecule has 0 radical (unpaired) electrons. The molecule has 0 aromatic heterocycles. The Morgan fingerprint density at radius 2 is 1.87 bits per heavy atom. The van der Waals surface area contributed by atoms with Crippen LogP contribution >= 0.6 is 0 Å². The molecule has 1 aliphatic rings. The summed E-state index contributed by atoms with van der Waals surface area (Å²) in [5.74, 6) is -0.920. The number of anilines is 1. The zero-order chi connectivity index (χ0) is 21.8. The third-order valence-electron chi connectivity index (χ3n) is 4.45. The number of nitrogens with one attached hydrogen (secondary N) is 2. The van der Waals surface area contributed by atoms with Crippen LogP contribution in [0.25, 0.3) is 0 Å². The van der Waals surface area contributed by atoms with E-state index >= 15 is 0 Å². The monoisotopic (exact) mass is 414 g/mol. The lowest BCUT2D eigenvalue weighted by Gasteiger charge is -2.16. The summed E-state index contributed by atoms with van der Waals surface area (Å²) in [4.78, 5) is 48.5. The van der Waals surface area contributed by atoms with Gasteiger partial charge in [-0.1, -0.05) is 6.07 Å². The standard InChI is InChI=1S/C19H18N4O7/c1-29-15-7-6-11(8-16(15)30-2)18(25)21-20-14-10-17(24)22(19(14)26)12-4-3-5-13(9-12)23(27)28/h3-9,14,20H,10H2,1-2H3,(H,21,25)/t14-/m0/s1. The van der Waals surface area contributed by atoms with Gasteiger partial charge in [0.1, 0.15) is 6.04 Å². The van der Waals surface area contributed by atoms with Crippen molar-refractivity contribution in [3.8, 4) is 11.5 Å². The van der Waals surface area contributed by atoms with Crippen LogP contribution in [0.4, 0.5) is 11.4 Å². The fraction of sp³-hybridized carbons (Fsp3) is 0.211. The first-order valence-electron chi connectivity index (χ1n) is 8.75. The summed E-state index contributed by atoms with van der Waals surface area (Å²) in [6.07, 6.45) is -0.215. The summed E-state index contributed by atoms with van der Waals surface area (Å²) in [5.41, 5.74) is 5.03. The maximum absolute atomic E-state index is 12.6. The first-order chi connectivity index (χ1) is 14.3. The van der Waals surface area contributed by atoms with Crippen LogP contribution < -0.4 is 25.2 Å². The van der Waals surface area contributed by atoms with Gasteiger partial charge in [-0.3, -0.25) is 29.9 Å². The van der Waals surface area contributed by atoms with E-state index < -0.39 is 28.7 Å². The van der Waals surface area contributed by atoms with Crippen molar-refractivity contribution in [3.05, 3.63) is 58.1 Å². The van der Waals surface area contributed by atoms with Crippen molar-refractivity contribution in [2.45, 2.75) is 12.5 Å². The Labute approximate surface area is 170 Å². The Morgan fingerprint density at radius 3 is 2.53 bits per heavy atom. The molecule has 0 unspecified atom stereocenters. The van der Waals surface area contributed by atoms with Crippen LogP contribution in [0, 0.1) is 10.1 Å². The molecule has 1 atom stereocenters. The molecule has 2 N–H and O–H groups in total. The summed E-state index contributed by atoms with van der Waals surface area (Å²) in [5, 5.41) is 10.9. The van der Waals surface area contributed by atoms with Crippen LogP contribution in [-0.2, 0) is 9.59 Å². The van der Waals surface area contributed by atoms with Crippen LogP contribution in [0.5, 0.6) is 11.5 Å². The number of non-ortho nitro benzene ring substituents is 1. The van der Waals surface area contributed by atoms with Crippen molar-refractivity contribution >= 4 is 29.1 Å². The number of rotatable bonds is 7. The number of nitro groups is 1. The van der Waals surface area contributed by atoms with Crippen molar-refractivity contribution in [1.82, 2.24) is 10.9 Å². The summed E-state index contributed by atoms with van der Waals surface area (Å²) in [7, 11) is 2.90. The van der Waals surface area contributed by atoms with Gasteiger partial charge in [-0.15, -0.1) is 0 Å². The van der Waals surface area contributed by atoms with Crippen molar-refractivity contribution in [3.63, 3.8) is 0 Å². The fourth-order valence-electron chi connectivity index (χ4n) is 2.96. The molecule has 11 heteroatoms. The second kappa shape index (κ2) is 8.57. The lowest BCUT2D eigenvalue weighted by Crippen LogP contribution is -2.48. The van der Waals surface area contributed by atoms with Crippen LogP contribution in [-0.4, -0.2) is 42.9 Å². The lowest BCUT2D eigenvalue weighted by molar-refractivity contribution is -0.384. The first-order valence-corrected chi connectivity index (χ1v) is 8.75. The van der Waals surface area contributed by atoms with Crippen LogP contribution in [0.3, 0.4) is 0 Å². The van der Waals surface area contributed by atoms with E-state index in [-0.39, 0.29) is 23.4 Å². The first kappa shape index (κ1) is 20.7. The quantitative estimate of drug-likeness (QED) is 0.391. The van der Waals surface area contributed by atoms with Crippen molar-refractivity contribution in [1.29, 1.82) is 0 Å². The number of imide groups is 1. The molecule has 156 valence electrons.